The molecular weight excluding hydrogens is 118 g/mol. The first-order valence-electron chi connectivity index (χ1n) is 2.73. The fraction of sp³-hybridized carbons (Fsp3) is 0.833. The molecule has 52 valence electrons. The summed E-state index contributed by atoms with van der Waals surface area (Å²) >= 11 is 0. The second kappa shape index (κ2) is 2.81. The van der Waals surface area contributed by atoms with Crippen molar-refractivity contribution in [2.24, 2.45) is 5.41 Å². The van der Waals surface area contributed by atoms with Crippen LogP contribution >= 0.6 is 0 Å². The molecule has 0 unspecified atom stereocenters. The zero-order valence-electron chi connectivity index (χ0n) is 5.63. The van der Waals surface area contributed by atoms with E-state index < -0.39 is 11.5 Å². The predicted molar refractivity (Wildman–Crippen MR) is 32.5 cm³/mol. The third kappa shape index (κ3) is 2.00. The van der Waals surface area contributed by atoms with E-state index in [0.29, 0.717) is 0 Å². The number of aliphatic hydroxyl groups is 2. The van der Waals surface area contributed by atoms with E-state index >= 15 is 0 Å². The molecule has 0 saturated heterocycles. The lowest BCUT2D eigenvalue weighted by Gasteiger charge is -2.22. The third-order valence-electron chi connectivity index (χ3n) is 1.27. The number of hydrogen-bond donors (Lipinski definition) is 2. The molecule has 3 nitrogen and oxygen atoms in total. The number of nitriles is 1. The van der Waals surface area contributed by atoms with Crippen LogP contribution < -0.4 is 0 Å². The summed E-state index contributed by atoms with van der Waals surface area (Å²) in [7, 11) is 0. The normalized spacial score (nSPS) is 14.6. The van der Waals surface area contributed by atoms with E-state index in [0.717, 1.165) is 0 Å². The molecule has 0 aromatic heterocycles. The summed E-state index contributed by atoms with van der Waals surface area (Å²) in [5, 5.41) is 25.6. The van der Waals surface area contributed by atoms with E-state index in [9.17, 15) is 0 Å². The molecule has 0 radical (unpaired) electrons. The lowest BCUT2D eigenvalue weighted by molar-refractivity contribution is 0.0428. The molecule has 0 amide bonds. The summed E-state index contributed by atoms with van der Waals surface area (Å²) in [6, 6.07) is 1.65. The molecule has 0 aromatic carbocycles. The number of aliphatic hydroxyl groups excluding tert-OH is 2. The van der Waals surface area contributed by atoms with Crippen LogP contribution in [0.25, 0.3) is 0 Å². The van der Waals surface area contributed by atoms with Gasteiger partial charge in [0, 0.05) is 5.41 Å². The Morgan fingerprint density at radius 1 is 1.67 bits per heavy atom. The van der Waals surface area contributed by atoms with Crippen molar-refractivity contribution in [2.75, 3.05) is 6.61 Å². The second-order valence-corrected chi connectivity index (χ2v) is 2.68. The maximum atomic E-state index is 8.86. The van der Waals surface area contributed by atoms with Crippen LogP contribution in [0.2, 0.25) is 0 Å². The summed E-state index contributed by atoms with van der Waals surface area (Å²) in [4.78, 5) is 0. The molecule has 0 aliphatic carbocycles. The average molecular weight is 129 g/mol. The van der Waals surface area contributed by atoms with Crippen molar-refractivity contribution in [3.63, 3.8) is 0 Å². The Bertz CT molecular complexity index is 126. The van der Waals surface area contributed by atoms with Crippen molar-refractivity contribution in [1.29, 1.82) is 5.26 Å². The molecule has 0 aliphatic rings. The van der Waals surface area contributed by atoms with E-state index in [4.69, 9.17) is 15.5 Å². The highest BCUT2D eigenvalue weighted by atomic mass is 16.3. The van der Waals surface area contributed by atoms with Gasteiger partial charge in [-0.3, -0.25) is 0 Å². The zero-order chi connectivity index (χ0) is 7.49. The summed E-state index contributed by atoms with van der Waals surface area (Å²) in [5.74, 6) is 0. The van der Waals surface area contributed by atoms with Crippen molar-refractivity contribution >= 4 is 0 Å². The minimum absolute atomic E-state index is 0.179. The molecule has 9 heavy (non-hydrogen) atoms. The van der Waals surface area contributed by atoms with Crippen LogP contribution in [0.15, 0.2) is 0 Å². The Morgan fingerprint density at radius 2 is 2.11 bits per heavy atom. The average Bonchev–Trinajstić information content (AvgIpc) is 1.86. The maximum Gasteiger partial charge on any atom is 0.147 e. The Kier molecular flexibility index (Phi) is 2.63. The number of hydrogen-bond acceptors (Lipinski definition) is 3. The molecule has 0 heterocycles. The first kappa shape index (κ1) is 8.41. The Balaban J connectivity index is 4.01. The monoisotopic (exact) mass is 129 g/mol. The quantitative estimate of drug-likeness (QED) is 0.511. The molecule has 1 atom stereocenters. The molecule has 0 rings (SSSR count). The highest BCUT2D eigenvalue weighted by molar-refractivity contribution is 4.93. The van der Waals surface area contributed by atoms with Gasteiger partial charge >= 0.3 is 0 Å². The van der Waals surface area contributed by atoms with E-state index in [2.05, 4.69) is 0 Å². The minimum Gasteiger partial charge on any atom is -0.396 e. The van der Waals surface area contributed by atoms with Crippen molar-refractivity contribution in [3.8, 4) is 6.07 Å². The van der Waals surface area contributed by atoms with Gasteiger partial charge in [0.2, 0.25) is 0 Å². The van der Waals surface area contributed by atoms with Crippen molar-refractivity contribution in [2.45, 2.75) is 20.0 Å². The standard InChI is InChI=1S/C6H11NO2/c1-6(2,4-8)5(9)3-7/h5,8-9H,4H2,1-2H3/t5-/m0/s1. The van der Waals surface area contributed by atoms with Gasteiger partial charge in [-0.2, -0.15) is 5.26 Å². The topological polar surface area (TPSA) is 64.2 Å². The number of nitrogens with zero attached hydrogens (tertiary/aromatic N) is 1. The van der Waals surface area contributed by atoms with Crippen LogP contribution in [-0.4, -0.2) is 22.9 Å². The molecule has 0 aliphatic heterocycles. The molecule has 0 aromatic rings. The number of rotatable bonds is 2. The van der Waals surface area contributed by atoms with Crippen LogP contribution in [0.1, 0.15) is 13.8 Å². The van der Waals surface area contributed by atoms with Crippen LogP contribution in [0.4, 0.5) is 0 Å². The fourth-order valence-corrected chi connectivity index (χ4v) is 0.261. The van der Waals surface area contributed by atoms with Crippen molar-refractivity contribution in [1.82, 2.24) is 0 Å². The van der Waals surface area contributed by atoms with Gasteiger partial charge in [-0.25, -0.2) is 0 Å². The first-order valence-corrected chi connectivity index (χ1v) is 2.73. The van der Waals surface area contributed by atoms with Gasteiger partial charge in [0.1, 0.15) is 6.10 Å². The summed E-state index contributed by atoms with van der Waals surface area (Å²) in [6.07, 6.45) is -1.08. The van der Waals surface area contributed by atoms with Gasteiger partial charge in [-0.15, -0.1) is 0 Å². The smallest absolute Gasteiger partial charge is 0.147 e. The highest BCUT2D eigenvalue weighted by Gasteiger charge is 2.26. The van der Waals surface area contributed by atoms with Crippen LogP contribution in [-0.2, 0) is 0 Å². The van der Waals surface area contributed by atoms with Crippen LogP contribution in [0, 0.1) is 16.7 Å². The van der Waals surface area contributed by atoms with Crippen LogP contribution in [0.5, 0.6) is 0 Å². The van der Waals surface area contributed by atoms with E-state index in [1.54, 1.807) is 19.9 Å². The van der Waals surface area contributed by atoms with Gasteiger partial charge in [0.15, 0.2) is 0 Å². The molecule has 0 spiro atoms. The summed E-state index contributed by atoms with van der Waals surface area (Å²) in [5.41, 5.74) is -0.700. The van der Waals surface area contributed by atoms with E-state index in [-0.39, 0.29) is 6.61 Å². The molecule has 2 N–H and O–H groups in total. The summed E-state index contributed by atoms with van der Waals surface area (Å²) < 4.78 is 0. The van der Waals surface area contributed by atoms with Gasteiger partial charge in [0.25, 0.3) is 0 Å². The largest absolute Gasteiger partial charge is 0.396 e. The lowest BCUT2D eigenvalue weighted by Crippen LogP contribution is -2.31. The zero-order valence-corrected chi connectivity index (χ0v) is 5.63. The van der Waals surface area contributed by atoms with E-state index in [1.807, 2.05) is 0 Å². The summed E-state index contributed by atoms with van der Waals surface area (Å²) in [6.45, 7) is 3.07. The maximum absolute atomic E-state index is 8.86. The first-order chi connectivity index (χ1) is 4.04. The molecule has 0 saturated carbocycles. The van der Waals surface area contributed by atoms with Gasteiger partial charge in [0.05, 0.1) is 12.7 Å². The molecule has 0 fully saturated rings. The second-order valence-electron chi connectivity index (χ2n) is 2.68. The molecular formula is C6H11NO2. The third-order valence-corrected chi connectivity index (χ3v) is 1.27. The van der Waals surface area contributed by atoms with Gasteiger partial charge in [-0.05, 0) is 0 Å². The minimum atomic E-state index is -1.08. The van der Waals surface area contributed by atoms with Crippen LogP contribution in [0.3, 0.4) is 0 Å². The van der Waals surface area contributed by atoms with Crippen molar-refractivity contribution < 1.29 is 10.2 Å². The van der Waals surface area contributed by atoms with Gasteiger partial charge < -0.3 is 10.2 Å². The Morgan fingerprint density at radius 3 is 2.22 bits per heavy atom. The van der Waals surface area contributed by atoms with Crippen molar-refractivity contribution in [3.05, 3.63) is 0 Å². The fourth-order valence-electron chi connectivity index (χ4n) is 0.261. The Labute approximate surface area is 54.5 Å². The van der Waals surface area contributed by atoms with E-state index in [1.165, 1.54) is 0 Å². The molecule has 0 bridgehead atoms. The highest BCUT2D eigenvalue weighted by Crippen LogP contribution is 2.18. The van der Waals surface area contributed by atoms with Gasteiger partial charge in [-0.1, -0.05) is 13.8 Å². The SMILES string of the molecule is CC(C)(CO)[C@@H](O)C#N. The Hall–Kier alpha value is -0.590. The molecule has 3 heteroatoms. The predicted octanol–water partition coefficient (Wildman–Crippen LogP) is -0.111. The lowest BCUT2D eigenvalue weighted by atomic mass is 9.89.